The topological polar surface area (TPSA) is 85.8 Å². The SMILES string of the molecule is Cc1cc(C(C)Nc2ccccc2C(=O)OC(C)(C)C)c2oc(-c3ccn4nccc4c3)cc(=O)c2c1. The van der Waals surface area contributed by atoms with Gasteiger partial charge in [-0.25, -0.2) is 9.31 Å². The molecule has 5 aromatic rings. The number of nitrogens with zero attached hydrogens (tertiary/aromatic N) is 2. The van der Waals surface area contributed by atoms with Gasteiger partial charge in [-0.05, 0) is 76.6 Å². The van der Waals surface area contributed by atoms with Crippen LogP contribution in [0.3, 0.4) is 0 Å². The third kappa shape index (κ3) is 4.98. The van der Waals surface area contributed by atoms with Crippen molar-refractivity contribution in [2.24, 2.45) is 0 Å². The summed E-state index contributed by atoms with van der Waals surface area (Å²) in [5.74, 6) is 0.0774. The van der Waals surface area contributed by atoms with Crippen molar-refractivity contribution in [3.05, 3.63) is 100.0 Å². The number of benzene rings is 2. The zero-order valence-electron chi connectivity index (χ0n) is 21.5. The van der Waals surface area contributed by atoms with E-state index in [-0.39, 0.29) is 11.5 Å². The normalized spacial score (nSPS) is 12.6. The van der Waals surface area contributed by atoms with E-state index in [2.05, 4.69) is 10.4 Å². The Balaban J connectivity index is 1.57. The molecule has 0 saturated carbocycles. The fourth-order valence-corrected chi connectivity index (χ4v) is 4.40. The predicted molar refractivity (Wildman–Crippen MR) is 145 cm³/mol. The van der Waals surface area contributed by atoms with Gasteiger partial charge in [-0.2, -0.15) is 5.10 Å². The highest BCUT2D eigenvalue weighted by Crippen LogP contribution is 2.32. The lowest BCUT2D eigenvalue weighted by molar-refractivity contribution is 0.00706. The van der Waals surface area contributed by atoms with Gasteiger partial charge in [0.2, 0.25) is 0 Å². The number of fused-ring (bicyclic) bond motifs is 2. The average Bonchev–Trinajstić information content (AvgIpc) is 3.31. The van der Waals surface area contributed by atoms with Crippen molar-refractivity contribution in [3.8, 4) is 11.3 Å². The van der Waals surface area contributed by atoms with Gasteiger partial charge < -0.3 is 14.5 Å². The molecule has 1 atom stereocenters. The van der Waals surface area contributed by atoms with E-state index >= 15 is 0 Å². The number of esters is 1. The molecule has 7 nitrogen and oxygen atoms in total. The summed E-state index contributed by atoms with van der Waals surface area (Å²) in [5, 5.41) is 8.18. The van der Waals surface area contributed by atoms with E-state index in [4.69, 9.17) is 9.15 Å². The molecule has 0 aliphatic carbocycles. The first kappa shape index (κ1) is 24.3. The van der Waals surface area contributed by atoms with Gasteiger partial charge in [-0.1, -0.05) is 18.2 Å². The number of ether oxygens (including phenoxy) is 1. The molecule has 2 aromatic carbocycles. The summed E-state index contributed by atoms with van der Waals surface area (Å²) in [6.45, 7) is 9.45. The minimum atomic E-state index is -0.609. The predicted octanol–water partition coefficient (Wildman–Crippen LogP) is 6.54. The van der Waals surface area contributed by atoms with Crippen LogP contribution in [0.5, 0.6) is 0 Å². The Morgan fingerprint density at radius 3 is 2.65 bits per heavy atom. The molecule has 37 heavy (non-hydrogen) atoms. The molecule has 0 aliphatic rings. The van der Waals surface area contributed by atoms with Crippen molar-refractivity contribution in [2.75, 3.05) is 5.32 Å². The highest BCUT2D eigenvalue weighted by Gasteiger charge is 2.22. The second-order valence-corrected chi connectivity index (χ2v) is 10.2. The van der Waals surface area contributed by atoms with Gasteiger partial charge in [0, 0.05) is 35.3 Å². The molecule has 1 N–H and O–H groups in total. The smallest absolute Gasteiger partial charge is 0.340 e. The van der Waals surface area contributed by atoms with Crippen molar-refractivity contribution in [3.63, 3.8) is 0 Å². The van der Waals surface area contributed by atoms with Gasteiger partial charge in [0.1, 0.15) is 16.9 Å². The zero-order chi connectivity index (χ0) is 26.3. The lowest BCUT2D eigenvalue weighted by Crippen LogP contribution is -2.24. The molecule has 0 aliphatic heterocycles. The van der Waals surface area contributed by atoms with E-state index in [0.29, 0.717) is 28.0 Å². The summed E-state index contributed by atoms with van der Waals surface area (Å²) in [6.07, 6.45) is 3.56. The number of carbonyl (C=O) groups is 1. The Labute approximate surface area is 214 Å². The van der Waals surface area contributed by atoms with Gasteiger partial charge in [-0.3, -0.25) is 4.79 Å². The number of anilines is 1. The highest BCUT2D eigenvalue weighted by molar-refractivity contribution is 5.96. The van der Waals surface area contributed by atoms with Crippen molar-refractivity contribution >= 4 is 28.1 Å². The molecule has 0 amide bonds. The number of hydrogen-bond acceptors (Lipinski definition) is 6. The molecule has 0 saturated heterocycles. The summed E-state index contributed by atoms with van der Waals surface area (Å²) in [6, 6.07) is 18.1. The fourth-order valence-electron chi connectivity index (χ4n) is 4.40. The number of aryl methyl sites for hydroxylation is 1. The third-order valence-corrected chi connectivity index (χ3v) is 6.07. The summed E-state index contributed by atoms with van der Waals surface area (Å²) >= 11 is 0. The van der Waals surface area contributed by atoms with Crippen LogP contribution in [0.4, 0.5) is 5.69 Å². The minimum absolute atomic E-state index is 0.115. The number of rotatable bonds is 5. The van der Waals surface area contributed by atoms with Crippen molar-refractivity contribution < 1.29 is 13.9 Å². The van der Waals surface area contributed by atoms with Crippen LogP contribution in [0.2, 0.25) is 0 Å². The highest BCUT2D eigenvalue weighted by atomic mass is 16.6. The molecule has 1 unspecified atom stereocenters. The van der Waals surface area contributed by atoms with E-state index < -0.39 is 11.6 Å². The van der Waals surface area contributed by atoms with E-state index in [1.54, 1.807) is 22.8 Å². The quantitative estimate of drug-likeness (QED) is 0.279. The molecular weight excluding hydrogens is 466 g/mol. The molecule has 0 bridgehead atoms. The number of para-hydroxylation sites is 1. The summed E-state index contributed by atoms with van der Waals surface area (Å²) < 4.78 is 13.7. The summed E-state index contributed by atoms with van der Waals surface area (Å²) in [4.78, 5) is 26.0. The van der Waals surface area contributed by atoms with Crippen LogP contribution < -0.4 is 10.7 Å². The van der Waals surface area contributed by atoms with Gasteiger partial charge in [-0.15, -0.1) is 0 Å². The number of nitrogens with one attached hydrogen (secondary N) is 1. The van der Waals surface area contributed by atoms with E-state index in [1.807, 2.05) is 83.3 Å². The van der Waals surface area contributed by atoms with Crippen LogP contribution in [-0.2, 0) is 4.74 Å². The first-order valence-electron chi connectivity index (χ1n) is 12.2. The average molecular weight is 496 g/mol. The maximum absolute atomic E-state index is 13.2. The van der Waals surface area contributed by atoms with E-state index in [0.717, 1.165) is 22.2 Å². The van der Waals surface area contributed by atoms with Gasteiger partial charge >= 0.3 is 5.97 Å². The Hall–Kier alpha value is -4.39. The molecular formula is C30H29N3O4. The number of pyridine rings is 1. The maximum atomic E-state index is 13.2. The molecule has 0 radical (unpaired) electrons. The molecule has 188 valence electrons. The number of hydrogen-bond donors (Lipinski definition) is 1. The van der Waals surface area contributed by atoms with Crippen LogP contribution in [-0.4, -0.2) is 21.2 Å². The van der Waals surface area contributed by atoms with Gasteiger partial charge in [0.05, 0.1) is 22.5 Å². The zero-order valence-corrected chi connectivity index (χ0v) is 21.5. The molecule has 3 heterocycles. The minimum Gasteiger partial charge on any atom is -0.456 e. The van der Waals surface area contributed by atoms with Crippen LogP contribution in [0.1, 0.15) is 55.2 Å². The van der Waals surface area contributed by atoms with Gasteiger partial charge in [0.15, 0.2) is 5.43 Å². The third-order valence-electron chi connectivity index (χ3n) is 6.07. The van der Waals surface area contributed by atoms with Gasteiger partial charge in [0.25, 0.3) is 0 Å². The molecule has 3 aromatic heterocycles. The second-order valence-electron chi connectivity index (χ2n) is 10.2. The number of aromatic nitrogens is 2. The van der Waals surface area contributed by atoms with Crippen molar-refractivity contribution in [1.29, 1.82) is 0 Å². The Bertz CT molecular complexity index is 1690. The Morgan fingerprint density at radius 2 is 1.86 bits per heavy atom. The summed E-state index contributed by atoms with van der Waals surface area (Å²) in [5.41, 5.74) is 4.32. The monoisotopic (exact) mass is 495 g/mol. The van der Waals surface area contributed by atoms with Crippen LogP contribution in [0.25, 0.3) is 27.8 Å². The van der Waals surface area contributed by atoms with Crippen LogP contribution in [0, 0.1) is 6.92 Å². The molecule has 5 rings (SSSR count). The Morgan fingerprint density at radius 1 is 1.08 bits per heavy atom. The molecule has 0 spiro atoms. The molecule has 7 heteroatoms. The Kier molecular flexibility index (Phi) is 6.07. The van der Waals surface area contributed by atoms with E-state index in [9.17, 15) is 9.59 Å². The lowest BCUT2D eigenvalue weighted by atomic mass is 10.00. The lowest BCUT2D eigenvalue weighted by Gasteiger charge is -2.22. The van der Waals surface area contributed by atoms with E-state index in [1.165, 1.54) is 6.07 Å². The van der Waals surface area contributed by atoms with Crippen LogP contribution in [0.15, 0.2) is 82.3 Å². The fraction of sp³-hybridized carbons (Fsp3) is 0.233. The maximum Gasteiger partial charge on any atom is 0.340 e. The second kappa shape index (κ2) is 9.24. The first-order valence-corrected chi connectivity index (χ1v) is 12.2. The summed E-state index contributed by atoms with van der Waals surface area (Å²) in [7, 11) is 0. The standard InChI is InChI=1S/C30H29N3O4/c1-18-14-23(19(2)32-25-9-7-6-8-22(25)29(35)37-30(3,4)5)28-24(15-18)26(34)17-27(36-28)20-11-13-33-21(16-20)10-12-31-33/h6-17,19,32H,1-5H3. The van der Waals surface area contributed by atoms with Crippen molar-refractivity contribution in [1.82, 2.24) is 9.61 Å². The largest absolute Gasteiger partial charge is 0.456 e. The van der Waals surface area contributed by atoms with Crippen LogP contribution >= 0.6 is 0 Å². The number of carbonyl (C=O) groups excluding carboxylic acids is 1. The molecule has 0 fully saturated rings. The first-order chi connectivity index (χ1) is 17.6. The van der Waals surface area contributed by atoms with Crippen molar-refractivity contribution in [2.45, 2.75) is 46.3 Å².